The van der Waals surface area contributed by atoms with Gasteiger partial charge in [-0.25, -0.2) is 19.9 Å². The molecule has 0 N–H and O–H groups in total. The number of hydrogen-bond acceptors (Lipinski definition) is 8. The zero-order chi connectivity index (χ0) is 16.4. The molecule has 1 fully saturated rings. The summed E-state index contributed by atoms with van der Waals surface area (Å²) >= 11 is 0. The molecule has 0 bridgehead atoms. The van der Waals surface area contributed by atoms with Gasteiger partial charge in [0.25, 0.3) is 0 Å². The smallest absolute Gasteiger partial charge is 0.225 e. The Bertz CT molecular complexity index is 812. The minimum atomic E-state index is 0.335. The summed E-state index contributed by atoms with van der Waals surface area (Å²) in [7, 11) is 0. The molecule has 0 saturated carbocycles. The van der Waals surface area contributed by atoms with Crippen molar-refractivity contribution < 1.29 is 4.52 Å². The van der Waals surface area contributed by atoms with Crippen molar-refractivity contribution in [3.05, 3.63) is 42.6 Å². The van der Waals surface area contributed by atoms with Gasteiger partial charge in [-0.3, -0.25) is 0 Å². The lowest BCUT2D eigenvalue weighted by atomic mass is 9.91. The molecule has 122 valence electrons. The van der Waals surface area contributed by atoms with Crippen LogP contribution in [-0.4, -0.2) is 43.2 Å². The average molecular weight is 323 g/mol. The van der Waals surface area contributed by atoms with Crippen molar-refractivity contribution in [2.24, 2.45) is 0 Å². The second-order valence-electron chi connectivity index (χ2n) is 5.77. The number of hydrogen-bond donors (Lipinski definition) is 0. The molecule has 8 heteroatoms. The Morgan fingerprint density at radius 2 is 1.92 bits per heavy atom. The van der Waals surface area contributed by atoms with E-state index in [-0.39, 0.29) is 0 Å². The second-order valence-corrected chi connectivity index (χ2v) is 5.77. The van der Waals surface area contributed by atoms with E-state index in [4.69, 9.17) is 4.52 Å². The number of aryl methyl sites for hydroxylation is 1. The topological polar surface area (TPSA) is 93.7 Å². The van der Waals surface area contributed by atoms with E-state index in [1.165, 1.54) is 0 Å². The first kappa shape index (κ1) is 14.7. The number of rotatable bonds is 3. The van der Waals surface area contributed by atoms with Crippen LogP contribution >= 0.6 is 0 Å². The fourth-order valence-corrected chi connectivity index (χ4v) is 3.05. The van der Waals surface area contributed by atoms with Crippen LogP contribution in [0.3, 0.4) is 0 Å². The first-order valence-corrected chi connectivity index (χ1v) is 7.94. The van der Waals surface area contributed by atoms with Crippen LogP contribution in [0.25, 0.3) is 11.4 Å². The highest BCUT2D eigenvalue weighted by Gasteiger charge is 2.26. The van der Waals surface area contributed by atoms with Crippen LogP contribution in [0.1, 0.15) is 30.3 Å². The number of aromatic nitrogens is 6. The predicted octanol–water partition coefficient (Wildman–Crippen LogP) is 2.01. The molecule has 0 aliphatic carbocycles. The molecule has 0 spiro atoms. The molecule has 4 rings (SSSR count). The van der Waals surface area contributed by atoms with Crippen molar-refractivity contribution in [2.45, 2.75) is 25.7 Å². The van der Waals surface area contributed by atoms with Crippen LogP contribution in [-0.2, 0) is 0 Å². The largest absolute Gasteiger partial charge is 0.341 e. The molecular weight excluding hydrogens is 306 g/mol. The van der Waals surface area contributed by atoms with Gasteiger partial charge < -0.3 is 9.42 Å². The summed E-state index contributed by atoms with van der Waals surface area (Å²) in [4.78, 5) is 23.8. The Labute approximate surface area is 139 Å². The highest BCUT2D eigenvalue weighted by Crippen LogP contribution is 2.33. The first-order valence-electron chi connectivity index (χ1n) is 7.94. The molecule has 0 aromatic carbocycles. The van der Waals surface area contributed by atoms with E-state index in [1.807, 2.05) is 6.07 Å². The lowest BCUT2D eigenvalue weighted by molar-refractivity contribution is 0.394. The van der Waals surface area contributed by atoms with Gasteiger partial charge in [-0.15, -0.1) is 0 Å². The molecule has 8 nitrogen and oxygen atoms in total. The Morgan fingerprint density at radius 3 is 2.62 bits per heavy atom. The quantitative estimate of drug-likeness (QED) is 0.722. The average Bonchev–Trinajstić information content (AvgIpc) is 3.09. The summed E-state index contributed by atoms with van der Waals surface area (Å²) in [6.07, 6.45) is 8.83. The molecular formula is C16H17N7O. The number of nitrogens with zero attached hydrogens (tertiary/aromatic N) is 7. The summed E-state index contributed by atoms with van der Waals surface area (Å²) < 4.78 is 5.09. The van der Waals surface area contributed by atoms with Gasteiger partial charge in [0.15, 0.2) is 0 Å². The van der Waals surface area contributed by atoms with Crippen LogP contribution in [0.5, 0.6) is 0 Å². The summed E-state index contributed by atoms with van der Waals surface area (Å²) in [5.41, 5.74) is 1.84. The molecule has 3 aromatic heterocycles. The Kier molecular flexibility index (Phi) is 3.86. The van der Waals surface area contributed by atoms with E-state index in [0.29, 0.717) is 17.6 Å². The zero-order valence-corrected chi connectivity index (χ0v) is 13.3. The third-order valence-electron chi connectivity index (χ3n) is 4.23. The van der Waals surface area contributed by atoms with E-state index in [0.717, 1.165) is 43.1 Å². The normalized spacial score (nSPS) is 15.6. The summed E-state index contributed by atoms with van der Waals surface area (Å²) in [5.74, 6) is 2.21. The van der Waals surface area contributed by atoms with Crippen molar-refractivity contribution in [2.75, 3.05) is 18.0 Å². The van der Waals surface area contributed by atoms with Crippen molar-refractivity contribution >= 4 is 5.95 Å². The Hall–Kier alpha value is -2.90. The summed E-state index contributed by atoms with van der Waals surface area (Å²) in [5, 5.41) is 4.01. The molecule has 1 saturated heterocycles. The van der Waals surface area contributed by atoms with Gasteiger partial charge in [0.1, 0.15) is 6.33 Å². The monoisotopic (exact) mass is 323 g/mol. The lowest BCUT2D eigenvalue weighted by Crippen LogP contribution is -2.34. The van der Waals surface area contributed by atoms with Crippen molar-refractivity contribution in [1.82, 2.24) is 30.1 Å². The van der Waals surface area contributed by atoms with Crippen LogP contribution in [0, 0.1) is 6.92 Å². The van der Waals surface area contributed by atoms with Gasteiger partial charge in [0, 0.05) is 44.5 Å². The molecule has 3 aromatic rings. The predicted molar refractivity (Wildman–Crippen MR) is 86.3 cm³/mol. The minimum Gasteiger partial charge on any atom is -0.341 e. The van der Waals surface area contributed by atoms with E-state index in [9.17, 15) is 0 Å². The molecule has 0 unspecified atom stereocenters. The minimum absolute atomic E-state index is 0.335. The maximum atomic E-state index is 5.09. The molecule has 0 radical (unpaired) electrons. The van der Waals surface area contributed by atoms with Crippen LogP contribution in [0.4, 0.5) is 5.95 Å². The number of anilines is 1. The molecule has 0 atom stereocenters. The lowest BCUT2D eigenvalue weighted by Gasteiger charge is -2.32. The Morgan fingerprint density at radius 1 is 1.12 bits per heavy atom. The SMILES string of the molecule is Cc1nc(-c2cncnc2C2CCN(c3ncccn3)CC2)no1. The highest BCUT2D eigenvalue weighted by molar-refractivity contribution is 5.57. The van der Waals surface area contributed by atoms with Crippen LogP contribution in [0.2, 0.25) is 0 Å². The van der Waals surface area contributed by atoms with E-state index < -0.39 is 0 Å². The standard InChI is InChI=1S/C16H17N7O/c1-11-21-15(22-24-11)13-9-17-10-20-14(13)12-3-7-23(8-4-12)16-18-5-2-6-19-16/h2,5-6,9-10,12H,3-4,7-8H2,1H3. The molecule has 1 aliphatic rings. The van der Waals surface area contributed by atoms with Crippen LogP contribution in [0.15, 0.2) is 35.5 Å². The molecule has 24 heavy (non-hydrogen) atoms. The van der Waals surface area contributed by atoms with E-state index >= 15 is 0 Å². The van der Waals surface area contributed by atoms with Gasteiger partial charge in [-0.1, -0.05) is 5.16 Å². The fourth-order valence-electron chi connectivity index (χ4n) is 3.05. The third-order valence-corrected chi connectivity index (χ3v) is 4.23. The third kappa shape index (κ3) is 2.82. The van der Waals surface area contributed by atoms with E-state index in [2.05, 4.69) is 35.0 Å². The van der Waals surface area contributed by atoms with Crippen molar-refractivity contribution in [1.29, 1.82) is 0 Å². The zero-order valence-electron chi connectivity index (χ0n) is 13.3. The summed E-state index contributed by atoms with van der Waals surface area (Å²) in [6.45, 7) is 3.56. The van der Waals surface area contributed by atoms with Gasteiger partial charge in [0.05, 0.1) is 11.3 Å². The summed E-state index contributed by atoms with van der Waals surface area (Å²) in [6, 6.07) is 1.83. The van der Waals surface area contributed by atoms with Gasteiger partial charge in [0.2, 0.25) is 17.7 Å². The van der Waals surface area contributed by atoms with Crippen molar-refractivity contribution in [3.63, 3.8) is 0 Å². The van der Waals surface area contributed by atoms with Crippen LogP contribution < -0.4 is 4.90 Å². The van der Waals surface area contributed by atoms with E-state index in [1.54, 1.807) is 31.8 Å². The molecule has 1 aliphatic heterocycles. The van der Waals surface area contributed by atoms with Gasteiger partial charge >= 0.3 is 0 Å². The Balaban J connectivity index is 1.54. The highest BCUT2D eigenvalue weighted by atomic mass is 16.5. The fraction of sp³-hybridized carbons (Fsp3) is 0.375. The van der Waals surface area contributed by atoms with Gasteiger partial charge in [-0.05, 0) is 18.9 Å². The van der Waals surface area contributed by atoms with Gasteiger partial charge in [-0.2, -0.15) is 4.98 Å². The first-order chi connectivity index (χ1) is 11.8. The number of piperidine rings is 1. The van der Waals surface area contributed by atoms with Crippen molar-refractivity contribution in [3.8, 4) is 11.4 Å². The molecule has 0 amide bonds. The second kappa shape index (κ2) is 6.31. The maximum absolute atomic E-state index is 5.09. The molecule has 4 heterocycles. The maximum Gasteiger partial charge on any atom is 0.225 e.